The van der Waals surface area contributed by atoms with Crippen molar-refractivity contribution >= 4 is 23.5 Å². The average Bonchev–Trinajstić information content (AvgIpc) is 3.23. The van der Waals surface area contributed by atoms with Gasteiger partial charge >= 0.3 is 5.97 Å². The molecule has 1 fully saturated rings. The van der Waals surface area contributed by atoms with Crippen LogP contribution in [0.5, 0.6) is 5.75 Å². The summed E-state index contributed by atoms with van der Waals surface area (Å²) < 4.78 is 39.3. The number of nitrogens with zero attached hydrogens (tertiary/aromatic N) is 3. The summed E-state index contributed by atoms with van der Waals surface area (Å²) in [5.74, 6) is -4.11. The van der Waals surface area contributed by atoms with E-state index in [1.54, 1.807) is 4.90 Å². The van der Waals surface area contributed by atoms with Crippen molar-refractivity contribution in [1.82, 2.24) is 14.8 Å². The van der Waals surface area contributed by atoms with Crippen molar-refractivity contribution in [2.75, 3.05) is 13.3 Å². The fourth-order valence-electron chi connectivity index (χ4n) is 5.51. The number of oxime groups is 1. The molecule has 2 aromatic rings. The smallest absolute Gasteiger partial charge is 0.305 e. The number of rotatable bonds is 6. The third kappa shape index (κ3) is 4.80. The van der Waals surface area contributed by atoms with Gasteiger partial charge in [0.1, 0.15) is 17.2 Å². The van der Waals surface area contributed by atoms with E-state index in [0.717, 1.165) is 18.7 Å². The molecule has 3 aliphatic heterocycles. The Morgan fingerprint density at radius 3 is 2.73 bits per heavy atom. The van der Waals surface area contributed by atoms with Gasteiger partial charge in [-0.3, -0.25) is 19.2 Å². The zero-order chi connectivity index (χ0) is 28.8. The Labute approximate surface area is 227 Å². The van der Waals surface area contributed by atoms with Crippen LogP contribution < -0.4 is 15.5 Å². The van der Waals surface area contributed by atoms with Crippen molar-refractivity contribution < 1.29 is 37.5 Å². The lowest BCUT2D eigenvalue weighted by atomic mass is 9.84. The maximum atomic E-state index is 14.1. The first kappa shape index (κ1) is 27.3. The summed E-state index contributed by atoms with van der Waals surface area (Å²) in [7, 11) is 0. The van der Waals surface area contributed by atoms with E-state index in [0.29, 0.717) is 25.3 Å². The minimum atomic E-state index is -0.912. The standard InChI is InChI=1S/C27H28F2N4O7/c1-14-9-27(40-31-14)7-6-15(2)32-12-21(27)33-11-19(25(36)30-10-17-4-5-18(28)8-20(17)29)23(35)24(22(33)26(32)37)39-13-38-16(3)34/h4-5,8,11,15,21H,6-7,9-10,12-13H2,1-3H3,(H,30,36)/t15-,21+,27-/m0/s1. The molecule has 212 valence electrons. The maximum Gasteiger partial charge on any atom is 0.305 e. The third-order valence-electron chi connectivity index (χ3n) is 7.59. The van der Waals surface area contributed by atoms with Crippen molar-refractivity contribution in [3.63, 3.8) is 0 Å². The lowest BCUT2D eigenvalue weighted by Crippen LogP contribution is -2.52. The molecule has 3 atom stereocenters. The zero-order valence-electron chi connectivity index (χ0n) is 22.2. The van der Waals surface area contributed by atoms with Crippen molar-refractivity contribution in [3.05, 3.63) is 63.1 Å². The van der Waals surface area contributed by atoms with Crippen molar-refractivity contribution in [1.29, 1.82) is 0 Å². The largest absolute Gasteiger partial charge is 0.451 e. The van der Waals surface area contributed by atoms with E-state index in [1.165, 1.54) is 16.8 Å². The summed E-state index contributed by atoms with van der Waals surface area (Å²) in [6.07, 6.45) is 2.93. The number of halogens is 2. The molecule has 1 aromatic carbocycles. The Hall–Kier alpha value is -4.29. The number of nitrogens with one attached hydrogen (secondary N) is 1. The van der Waals surface area contributed by atoms with Gasteiger partial charge in [0.15, 0.2) is 11.3 Å². The summed E-state index contributed by atoms with van der Waals surface area (Å²) in [5.41, 5.74) is -1.45. The van der Waals surface area contributed by atoms with Crippen LogP contribution >= 0.6 is 0 Å². The Bertz CT molecular complexity index is 1490. The lowest BCUT2D eigenvalue weighted by Gasteiger charge is -2.42. The van der Waals surface area contributed by atoms with Crippen LogP contribution in [-0.4, -0.2) is 57.9 Å². The van der Waals surface area contributed by atoms with E-state index in [-0.39, 0.29) is 36.0 Å². The Morgan fingerprint density at radius 1 is 1.27 bits per heavy atom. The number of ether oxygens (including phenoxy) is 2. The monoisotopic (exact) mass is 558 g/mol. The second-order valence-electron chi connectivity index (χ2n) is 10.3. The van der Waals surface area contributed by atoms with Gasteiger partial charge in [-0.25, -0.2) is 8.78 Å². The SMILES string of the molecule is CC(=O)OCOc1c2n(cc(C(=O)NCc3ccc(F)cc3F)c1=O)[C@@H]1CN(C2=O)[C@@H](C)CC[C@]12CC(C)=NO2. The minimum Gasteiger partial charge on any atom is -0.451 e. The molecule has 4 heterocycles. The maximum absolute atomic E-state index is 14.1. The molecule has 0 radical (unpaired) electrons. The van der Waals surface area contributed by atoms with Crippen molar-refractivity contribution in [2.24, 2.45) is 5.16 Å². The van der Waals surface area contributed by atoms with Gasteiger partial charge in [-0.1, -0.05) is 11.2 Å². The molecule has 0 saturated carbocycles. The fraction of sp³-hybridized carbons (Fsp3) is 0.444. The minimum absolute atomic E-state index is 0.00801. The zero-order valence-corrected chi connectivity index (χ0v) is 22.2. The van der Waals surface area contributed by atoms with Crippen LogP contribution in [-0.2, 0) is 20.9 Å². The van der Waals surface area contributed by atoms with E-state index in [4.69, 9.17) is 14.3 Å². The molecule has 0 unspecified atom stereocenters. The van der Waals surface area contributed by atoms with E-state index in [9.17, 15) is 28.0 Å². The molecule has 2 amide bonds. The number of carbonyl (C=O) groups excluding carboxylic acids is 3. The first-order valence-electron chi connectivity index (χ1n) is 12.8. The molecule has 40 heavy (non-hydrogen) atoms. The number of hydrogen-bond acceptors (Lipinski definition) is 8. The van der Waals surface area contributed by atoms with Gasteiger partial charge in [0.2, 0.25) is 18.0 Å². The molecule has 11 nitrogen and oxygen atoms in total. The number of benzene rings is 1. The summed E-state index contributed by atoms with van der Waals surface area (Å²) in [5, 5.41) is 6.65. The number of hydrogen-bond donors (Lipinski definition) is 1. The summed E-state index contributed by atoms with van der Waals surface area (Å²) in [4.78, 5) is 59.6. The van der Waals surface area contributed by atoms with Crippen LogP contribution in [0, 0.1) is 11.6 Å². The van der Waals surface area contributed by atoms with Crippen LogP contribution in [0.1, 0.15) is 72.5 Å². The highest BCUT2D eigenvalue weighted by atomic mass is 19.1. The van der Waals surface area contributed by atoms with Gasteiger partial charge in [-0.15, -0.1) is 0 Å². The number of aromatic nitrogens is 1. The van der Waals surface area contributed by atoms with Gasteiger partial charge in [0, 0.05) is 50.3 Å². The molecule has 1 N–H and O–H groups in total. The summed E-state index contributed by atoms with van der Waals surface area (Å²) in [6.45, 7) is 4.14. The summed E-state index contributed by atoms with van der Waals surface area (Å²) in [6, 6.07) is 2.20. The van der Waals surface area contributed by atoms with E-state index in [1.807, 2.05) is 13.8 Å². The van der Waals surface area contributed by atoms with Crippen LogP contribution in [0.4, 0.5) is 8.78 Å². The van der Waals surface area contributed by atoms with Gasteiger partial charge < -0.3 is 29.1 Å². The Morgan fingerprint density at radius 2 is 2.05 bits per heavy atom. The van der Waals surface area contributed by atoms with Crippen molar-refractivity contribution in [3.8, 4) is 5.75 Å². The first-order chi connectivity index (χ1) is 19.0. The summed E-state index contributed by atoms with van der Waals surface area (Å²) >= 11 is 0. The van der Waals surface area contributed by atoms with Gasteiger partial charge in [0.25, 0.3) is 11.8 Å². The highest BCUT2D eigenvalue weighted by Gasteiger charge is 2.54. The van der Waals surface area contributed by atoms with Gasteiger partial charge in [-0.2, -0.15) is 0 Å². The third-order valence-corrected chi connectivity index (χ3v) is 7.59. The Balaban J connectivity index is 1.60. The second-order valence-corrected chi connectivity index (χ2v) is 10.3. The normalized spacial score (nSPS) is 23.2. The highest BCUT2D eigenvalue weighted by molar-refractivity contribution is 5.99. The van der Waals surface area contributed by atoms with E-state index < -0.39 is 59.0 Å². The predicted molar refractivity (Wildman–Crippen MR) is 136 cm³/mol. The number of pyridine rings is 1. The molecular weight excluding hydrogens is 530 g/mol. The predicted octanol–water partition coefficient (Wildman–Crippen LogP) is 2.67. The van der Waals surface area contributed by atoms with Gasteiger partial charge in [-0.05, 0) is 32.8 Å². The van der Waals surface area contributed by atoms with Crippen LogP contribution in [0.25, 0.3) is 0 Å². The Kier molecular flexibility index (Phi) is 7.06. The van der Waals surface area contributed by atoms with Crippen LogP contribution in [0.2, 0.25) is 0 Å². The fourth-order valence-corrected chi connectivity index (χ4v) is 5.51. The molecule has 5 rings (SSSR count). The number of amides is 2. The number of fused-ring (bicyclic) bond motifs is 5. The molecule has 3 aliphatic rings. The first-order valence-corrected chi connectivity index (χ1v) is 12.8. The number of carbonyl (C=O) groups is 3. The molecule has 2 bridgehead atoms. The second kappa shape index (κ2) is 10.4. The lowest BCUT2D eigenvalue weighted by molar-refractivity contribution is -0.147. The average molecular weight is 559 g/mol. The van der Waals surface area contributed by atoms with Crippen LogP contribution in [0.15, 0.2) is 34.3 Å². The molecule has 1 spiro atoms. The molecule has 1 aromatic heterocycles. The van der Waals surface area contributed by atoms with Gasteiger partial charge in [0.05, 0.1) is 11.8 Å². The van der Waals surface area contributed by atoms with Crippen molar-refractivity contribution in [2.45, 2.75) is 64.3 Å². The quantitative estimate of drug-likeness (QED) is 0.427. The highest BCUT2D eigenvalue weighted by Crippen LogP contribution is 2.46. The molecule has 0 aliphatic carbocycles. The number of esters is 1. The molecule has 1 saturated heterocycles. The molecular formula is C27H28F2N4O7. The molecule has 13 heteroatoms. The topological polar surface area (TPSA) is 129 Å². The van der Waals surface area contributed by atoms with E-state index >= 15 is 0 Å². The van der Waals surface area contributed by atoms with Crippen LogP contribution in [0.3, 0.4) is 0 Å². The van der Waals surface area contributed by atoms with E-state index in [2.05, 4.69) is 10.5 Å².